The van der Waals surface area contributed by atoms with Gasteiger partial charge in [0, 0.05) is 19.6 Å². The van der Waals surface area contributed by atoms with Crippen molar-refractivity contribution in [2.24, 2.45) is 16.1 Å². The normalized spacial score (nSPS) is 18.2. The number of likely N-dealkylation sites (tertiary alicyclic amines) is 1. The van der Waals surface area contributed by atoms with Crippen LogP contribution in [0.25, 0.3) is 0 Å². The molecule has 1 aliphatic rings. The molecule has 0 saturated carbocycles. The predicted molar refractivity (Wildman–Crippen MR) is 90.6 cm³/mol. The summed E-state index contributed by atoms with van der Waals surface area (Å²) in [4.78, 5) is 6.77. The molecule has 0 aromatic heterocycles. The van der Waals surface area contributed by atoms with Crippen LogP contribution in [-0.2, 0) is 0 Å². The fourth-order valence-electron chi connectivity index (χ4n) is 2.20. The number of guanidine groups is 1. The van der Waals surface area contributed by atoms with Crippen LogP contribution < -0.4 is 5.73 Å². The van der Waals surface area contributed by atoms with Gasteiger partial charge in [0.05, 0.1) is 0 Å². The highest BCUT2D eigenvalue weighted by atomic mass is 127. The number of halogens is 1. The molecule has 3 nitrogen and oxygen atoms in total. The van der Waals surface area contributed by atoms with Crippen molar-refractivity contribution in [3.63, 3.8) is 0 Å². The first-order valence-electron chi connectivity index (χ1n) is 7.04. The summed E-state index contributed by atoms with van der Waals surface area (Å²) in [6.07, 6.45) is 7.56. The smallest absolute Gasteiger partial charge is 0.191 e. The fourth-order valence-corrected chi connectivity index (χ4v) is 2.20. The van der Waals surface area contributed by atoms with Gasteiger partial charge < -0.3 is 10.6 Å². The Labute approximate surface area is 130 Å². The van der Waals surface area contributed by atoms with Gasteiger partial charge in [0.25, 0.3) is 0 Å². The minimum atomic E-state index is 0. The number of rotatable bonds is 3. The Hall–Kier alpha value is 0. The van der Waals surface area contributed by atoms with Crippen molar-refractivity contribution in [1.82, 2.24) is 4.90 Å². The van der Waals surface area contributed by atoms with E-state index in [9.17, 15) is 0 Å². The molecule has 0 aliphatic carbocycles. The molecule has 18 heavy (non-hydrogen) atoms. The Morgan fingerprint density at radius 3 is 2.17 bits per heavy atom. The lowest BCUT2D eigenvalue weighted by Crippen LogP contribution is -2.38. The zero-order chi connectivity index (χ0) is 12.7. The zero-order valence-corrected chi connectivity index (χ0v) is 14.6. The van der Waals surface area contributed by atoms with Crippen LogP contribution in [0.4, 0.5) is 0 Å². The van der Waals surface area contributed by atoms with E-state index in [1.807, 2.05) is 0 Å². The second-order valence-corrected chi connectivity index (χ2v) is 6.31. The molecule has 0 aromatic carbocycles. The van der Waals surface area contributed by atoms with Crippen molar-refractivity contribution in [2.75, 3.05) is 19.6 Å². The minimum Gasteiger partial charge on any atom is -0.370 e. The second kappa shape index (κ2) is 8.99. The fraction of sp³-hybridized carbons (Fsp3) is 0.929. The molecule has 0 radical (unpaired) electrons. The molecule has 1 saturated heterocycles. The molecular formula is C14H30IN3. The van der Waals surface area contributed by atoms with Gasteiger partial charge in [-0.05, 0) is 31.1 Å². The maximum absolute atomic E-state index is 6.04. The lowest BCUT2D eigenvalue weighted by atomic mass is 9.91. The lowest BCUT2D eigenvalue weighted by Gasteiger charge is -2.21. The van der Waals surface area contributed by atoms with Gasteiger partial charge in [0.15, 0.2) is 5.96 Å². The van der Waals surface area contributed by atoms with E-state index in [0.717, 1.165) is 32.0 Å². The van der Waals surface area contributed by atoms with Gasteiger partial charge in [-0.3, -0.25) is 4.99 Å². The van der Waals surface area contributed by atoms with Crippen LogP contribution in [-0.4, -0.2) is 30.5 Å². The largest absolute Gasteiger partial charge is 0.370 e. The van der Waals surface area contributed by atoms with Crippen molar-refractivity contribution in [2.45, 2.75) is 59.3 Å². The molecular weight excluding hydrogens is 337 g/mol. The Morgan fingerprint density at radius 2 is 1.67 bits per heavy atom. The summed E-state index contributed by atoms with van der Waals surface area (Å²) in [7, 11) is 0. The number of hydrogen-bond donors (Lipinski definition) is 1. The van der Waals surface area contributed by atoms with Gasteiger partial charge in [0.1, 0.15) is 0 Å². The summed E-state index contributed by atoms with van der Waals surface area (Å²) >= 11 is 0. The van der Waals surface area contributed by atoms with Crippen LogP contribution in [0.1, 0.15) is 59.3 Å². The number of nitrogens with zero attached hydrogens (tertiary/aromatic N) is 2. The van der Waals surface area contributed by atoms with E-state index in [1.54, 1.807) is 0 Å². The molecule has 1 fully saturated rings. The highest BCUT2D eigenvalue weighted by Crippen LogP contribution is 2.20. The Kier molecular flexibility index (Phi) is 8.99. The quantitative estimate of drug-likeness (QED) is 0.358. The first kappa shape index (κ1) is 18.0. The lowest BCUT2D eigenvalue weighted by molar-refractivity contribution is 0.367. The monoisotopic (exact) mass is 367 g/mol. The summed E-state index contributed by atoms with van der Waals surface area (Å²) < 4.78 is 0. The summed E-state index contributed by atoms with van der Waals surface area (Å²) in [6.45, 7) is 9.88. The molecule has 0 amide bonds. The van der Waals surface area contributed by atoms with Gasteiger partial charge >= 0.3 is 0 Å². The topological polar surface area (TPSA) is 41.6 Å². The van der Waals surface area contributed by atoms with E-state index in [-0.39, 0.29) is 24.0 Å². The molecule has 4 heteroatoms. The standard InChI is InChI=1S/C14H29N3.HI/c1-14(2,3)9-8-10-16-13(15)17-11-6-4-5-7-12-17;/h4-12H2,1-3H3,(H2,15,16);1H. The van der Waals surface area contributed by atoms with E-state index in [4.69, 9.17) is 5.73 Å². The maximum atomic E-state index is 6.04. The van der Waals surface area contributed by atoms with Gasteiger partial charge in [-0.15, -0.1) is 24.0 Å². The zero-order valence-electron chi connectivity index (χ0n) is 12.2. The van der Waals surface area contributed by atoms with Crippen LogP contribution in [0.15, 0.2) is 4.99 Å². The highest BCUT2D eigenvalue weighted by Gasteiger charge is 2.11. The van der Waals surface area contributed by atoms with E-state index in [2.05, 4.69) is 30.7 Å². The Balaban J connectivity index is 0.00000289. The number of aliphatic imine (C=N–C) groups is 1. The third-order valence-corrected chi connectivity index (χ3v) is 3.29. The molecule has 108 valence electrons. The molecule has 2 N–H and O–H groups in total. The summed E-state index contributed by atoms with van der Waals surface area (Å²) in [5.74, 6) is 0.765. The van der Waals surface area contributed by atoms with Crippen molar-refractivity contribution in [3.8, 4) is 0 Å². The average Bonchev–Trinajstić information content (AvgIpc) is 2.51. The van der Waals surface area contributed by atoms with Crippen LogP contribution in [0.3, 0.4) is 0 Å². The van der Waals surface area contributed by atoms with Crippen LogP contribution in [0, 0.1) is 5.41 Å². The van der Waals surface area contributed by atoms with Crippen molar-refractivity contribution >= 4 is 29.9 Å². The van der Waals surface area contributed by atoms with Crippen molar-refractivity contribution in [3.05, 3.63) is 0 Å². The first-order chi connectivity index (χ1) is 7.99. The van der Waals surface area contributed by atoms with Gasteiger partial charge in [-0.25, -0.2) is 0 Å². The third kappa shape index (κ3) is 8.16. The molecule has 0 bridgehead atoms. The van der Waals surface area contributed by atoms with Crippen LogP contribution >= 0.6 is 24.0 Å². The highest BCUT2D eigenvalue weighted by molar-refractivity contribution is 14.0. The molecule has 0 atom stereocenters. The first-order valence-corrected chi connectivity index (χ1v) is 7.04. The average molecular weight is 367 g/mol. The van der Waals surface area contributed by atoms with E-state index in [1.165, 1.54) is 32.1 Å². The molecule has 1 rings (SSSR count). The van der Waals surface area contributed by atoms with Crippen LogP contribution in [0.2, 0.25) is 0 Å². The number of hydrogen-bond acceptors (Lipinski definition) is 1. The molecule has 0 spiro atoms. The summed E-state index contributed by atoms with van der Waals surface area (Å²) in [6, 6.07) is 0. The van der Waals surface area contributed by atoms with E-state index >= 15 is 0 Å². The van der Waals surface area contributed by atoms with Crippen molar-refractivity contribution < 1.29 is 0 Å². The molecule has 0 aromatic rings. The van der Waals surface area contributed by atoms with Crippen molar-refractivity contribution in [1.29, 1.82) is 0 Å². The molecule has 1 heterocycles. The van der Waals surface area contributed by atoms with Gasteiger partial charge in [0.2, 0.25) is 0 Å². The maximum Gasteiger partial charge on any atom is 0.191 e. The Bertz CT molecular complexity index is 238. The minimum absolute atomic E-state index is 0. The Morgan fingerprint density at radius 1 is 1.11 bits per heavy atom. The number of nitrogens with two attached hydrogens (primary N) is 1. The summed E-state index contributed by atoms with van der Waals surface area (Å²) in [5, 5.41) is 0. The van der Waals surface area contributed by atoms with Crippen LogP contribution in [0.5, 0.6) is 0 Å². The van der Waals surface area contributed by atoms with E-state index in [0.29, 0.717) is 5.41 Å². The van der Waals surface area contributed by atoms with E-state index < -0.39 is 0 Å². The van der Waals surface area contributed by atoms with Gasteiger partial charge in [-0.1, -0.05) is 33.6 Å². The second-order valence-electron chi connectivity index (χ2n) is 6.31. The summed E-state index contributed by atoms with van der Waals surface area (Å²) in [5.41, 5.74) is 6.45. The predicted octanol–water partition coefficient (Wildman–Crippen LogP) is 3.62. The molecule has 1 aliphatic heterocycles. The van der Waals surface area contributed by atoms with Gasteiger partial charge in [-0.2, -0.15) is 0 Å². The third-order valence-electron chi connectivity index (χ3n) is 3.29. The molecule has 0 unspecified atom stereocenters. The SMILES string of the molecule is CC(C)(C)CCCN=C(N)N1CCCCCC1.I.